The number of sulfonamides is 1. The van der Waals surface area contributed by atoms with Gasteiger partial charge in [0.25, 0.3) is 0 Å². The summed E-state index contributed by atoms with van der Waals surface area (Å²) in [6, 6.07) is 4.49. The Kier molecular flexibility index (Phi) is 4.42. The maximum absolute atomic E-state index is 12.1. The second kappa shape index (κ2) is 5.90. The van der Waals surface area contributed by atoms with E-state index in [1.807, 2.05) is 6.92 Å². The predicted octanol–water partition coefficient (Wildman–Crippen LogP) is 0.594. The summed E-state index contributed by atoms with van der Waals surface area (Å²) in [4.78, 5) is 12.2. The molecule has 1 aromatic rings. The summed E-state index contributed by atoms with van der Waals surface area (Å²) < 4.78 is 25.8. The van der Waals surface area contributed by atoms with Crippen LogP contribution in [-0.2, 0) is 14.8 Å². The molecule has 110 valence electrons. The zero-order chi connectivity index (χ0) is 14.8. The van der Waals surface area contributed by atoms with Crippen molar-refractivity contribution >= 4 is 21.6 Å². The molecule has 0 bridgehead atoms. The van der Waals surface area contributed by atoms with Gasteiger partial charge in [-0.3, -0.25) is 4.79 Å². The van der Waals surface area contributed by atoms with Gasteiger partial charge in [0.2, 0.25) is 15.9 Å². The minimum absolute atomic E-state index is 0.121. The minimum Gasteiger partial charge on any atom is -0.324 e. The van der Waals surface area contributed by atoms with Crippen LogP contribution in [0.2, 0.25) is 0 Å². The first-order chi connectivity index (χ1) is 9.44. The van der Waals surface area contributed by atoms with Gasteiger partial charge < -0.3 is 10.6 Å². The average Bonchev–Trinajstić information content (AvgIpc) is 2.95. The van der Waals surface area contributed by atoms with Crippen molar-refractivity contribution in [3.63, 3.8) is 0 Å². The quantitative estimate of drug-likeness (QED) is 0.759. The second-order valence-corrected chi connectivity index (χ2v) is 6.71. The number of carbonyl (C=O) groups excluding carboxylic acids is 1. The summed E-state index contributed by atoms with van der Waals surface area (Å²) >= 11 is 0. The fourth-order valence-corrected chi connectivity index (χ4v) is 2.90. The van der Waals surface area contributed by atoms with Crippen molar-refractivity contribution in [3.8, 4) is 0 Å². The third-order valence-corrected chi connectivity index (χ3v) is 4.83. The maximum atomic E-state index is 12.1. The first-order valence-corrected chi connectivity index (χ1v) is 8.01. The summed E-state index contributed by atoms with van der Waals surface area (Å²) in [7, 11) is -2.15. The van der Waals surface area contributed by atoms with Crippen molar-refractivity contribution in [2.45, 2.75) is 30.7 Å². The van der Waals surface area contributed by atoms with Crippen molar-refractivity contribution in [2.75, 3.05) is 18.9 Å². The molecule has 1 heterocycles. The average molecular weight is 297 g/mol. The van der Waals surface area contributed by atoms with E-state index < -0.39 is 10.0 Å². The fraction of sp³-hybridized carbons (Fsp3) is 0.462. The molecular formula is C13H19N3O3S. The van der Waals surface area contributed by atoms with Crippen LogP contribution in [0.3, 0.4) is 0 Å². The van der Waals surface area contributed by atoms with Gasteiger partial charge in [-0.05, 0) is 51.1 Å². The van der Waals surface area contributed by atoms with E-state index in [-0.39, 0.29) is 16.8 Å². The lowest BCUT2D eigenvalue weighted by atomic mass is 10.1. The number of hydrogen-bond acceptors (Lipinski definition) is 4. The molecule has 1 saturated heterocycles. The number of hydrogen-bond donors (Lipinski definition) is 3. The van der Waals surface area contributed by atoms with E-state index in [0.29, 0.717) is 5.69 Å². The number of anilines is 1. The van der Waals surface area contributed by atoms with E-state index >= 15 is 0 Å². The molecule has 1 fully saturated rings. The highest BCUT2D eigenvalue weighted by Gasteiger charge is 2.23. The number of nitrogens with one attached hydrogen (secondary N) is 3. The van der Waals surface area contributed by atoms with Crippen LogP contribution in [0.15, 0.2) is 23.1 Å². The van der Waals surface area contributed by atoms with Crippen molar-refractivity contribution in [1.29, 1.82) is 0 Å². The molecule has 1 atom stereocenters. The number of aryl methyl sites for hydroxylation is 1. The van der Waals surface area contributed by atoms with Gasteiger partial charge in [0.1, 0.15) is 0 Å². The van der Waals surface area contributed by atoms with Gasteiger partial charge in [-0.2, -0.15) is 0 Å². The van der Waals surface area contributed by atoms with Gasteiger partial charge in [-0.1, -0.05) is 6.07 Å². The molecule has 0 radical (unpaired) electrons. The molecule has 0 aliphatic carbocycles. The molecule has 0 aromatic heterocycles. The molecule has 1 unspecified atom stereocenters. The largest absolute Gasteiger partial charge is 0.324 e. The standard InChI is InChI=1S/C13H19N3O3S/c1-9-5-6-10(20(18,19)14-2)8-12(9)16-13(17)11-4-3-7-15-11/h5-6,8,11,14-15H,3-4,7H2,1-2H3,(H,16,17). The molecule has 7 heteroatoms. The topological polar surface area (TPSA) is 87.3 Å². The lowest BCUT2D eigenvalue weighted by Crippen LogP contribution is -2.35. The van der Waals surface area contributed by atoms with Crippen molar-refractivity contribution in [1.82, 2.24) is 10.0 Å². The van der Waals surface area contributed by atoms with E-state index in [9.17, 15) is 13.2 Å². The summed E-state index contributed by atoms with van der Waals surface area (Å²) in [5, 5.41) is 5.90. The SMILES string of the molecule is CNS(=O)(=O)c1ccc(C)c(NC(=O)C2CCCN2)c1. The molecule has 6 nitrogen and oxygen atoms in total. The van der Waals surface area contributed by atoms with Crippen LogP contribution in [0.25, 0.3) is 0 Å². The normalized spacial score (nSPS) is 19.0. The monoisotopic (exact) mass is 297 g/mol. The summed E-state index contributed by atoms with van der Waals surface area (Å²) in [6.07, 6.45) is 1.78. The minimum atomic E-state index is -3.51. The molecular weight excluding hydrogens is 278 g/mol. The Morgan fingerprint density at radius 3 is 2.75 bits per heavy atom. The van der Waals surface area contributed by atoms with Gasteiger partial charge >= 0.3 is 0 Å². The molecule has 0 saturated carbocycles. The van der Waals surface area contributed by atoms with E-state index in [1.165, 1.54) is 19.2 Å². The lowest BCUT2D eigenvalue weighted by Gasteiger charge is -2.14. The first kappa shape index (κ1) is 15.0. The summed E-state index contributed by atoms with van der Waals surface area (Å²) in [6.45, 7) is 2.67. The molecule has 1 aliphatic heterocycles. The van der Waals surface area contributed by atoms with Gasteiger partial charge in [0.05, 0.1) is 10.9 Å². The van der Waals surface area contributed by atoms with Crippen LogP contribution < -0.4 is 15.4 Å². The molecule has 3 N–H and O–H groups in total. The van der Waals surface area contributed by atoms with E-state index in [0.717, 1.165) is 24.9 Å². The van der Waals surface area contributed by atoms with E-state index in [4.69, 9.17) is 0 Å². The predicted molar refractivity (Wildman–Crippen MR) is 77.1 cm³/mol. The molecule has 1 amide bonds. The number of benzene rings is 1. The van der Waals surface area contributed by atoms with Crippen LogP contribution >= 0.6 is 0 Å². The zero-order valence-corrected chi connectivity index (χ0v) is 12.4. The summed E-state index contributed by atoms with van der Waals surface area (Å²) in [5.74, 6) is -0.121. The fourth-order valence-electron chi connectivity index (χ4n) is 2.15. The Morgan fingerprint density at radius 1 is 1.40 bits per heavy atom. The van der Waals surface area contributed by atoms with Crippen LogP contribution in [0.1, 0.15) is 18.4 Å². The van der Waals surface area contributed by atoms with Crippen LogP contribution in [0, 0.1) is 6.92 Å². The van der Waals surface area contributed by atoms with Gasteiger partial charge in [0, 0.05) is 5.69 Å². The Hall–Kier alpha value is -1.44. The first-order valence-electron chi connectivity index (χ1n) is 6.52. The third kappa shape index (κ3) is 3.17. The van der Waals surface area contributed by atoms with Gasteiger partial charge in [-0.15, -0.1) is 0 Å². The highest BCUT2D eigenvalue weighted by Crippen LogP contribution is 2.21. The Bertz CT molecular complexity index is 607. The Morgan fingerprint density at radius 2 is 2.15 bits per heavy atom. The van der Waals surface area contributed by atoms with Gasteiger partial charge in [0.15, 0.2) is 0 Å². The highest BCUT2D eigenvalue weighted by atomic mass is 32.2. The number of carbonyl (C=O) groups is 1. The number of amides is 1. The van der Waals surface area contributed by atoms with Crippen molar-refractivity contribution in [2.24, 2.45) is 0 Å². The summed E-state index contributed by atoms with van der Waals surface area (Å²) in [5.41, 5.74) is 1.35. The number of rotatable bonds is 4. The molecule has 0 spiro atoms. The van der Waals surface area contributed by atoms with E-state index in [2.05, 4.69) is 15.4 Å². The molecule has 1 aliphatic rings. The molecule has 2 rings (SSSR count). The van der Waals surface area contributed by atoms with Crippen LogP contribution in [-0.4, -0.2) is 34.0 Å². The molecule has 1 aromatic carbocycles. The van der Waals surface area contributed by atoms with E-state index in [1.54, 1.807) is 6.07 Å². The Balaban J connectivity index is 2.23. The lowest BCUT2D eigenvalue weighted by molar-refractivity contribution is -0.117. The highest BCUT2D eigenvalue weighted by molar-refractivity contribution is 7.89. The maximum Gasteiger partial charge on any atom is 0.241 e. The Labute approximate surface area is 119 Å². The second-order valence-electron chi connectivity index (χ2n) is 4.82. The van der Waals surface area contributed by atoms with Crippen LogP contribution in [0.5, 0.6) is 0 Å². The smallest absolute Gasteiger partial charge is 0.241 e. The van der Waals surface area contributed by atoms with Crippen LogP contribution in [0.4, 0.5) is 5.69 Å². The third-order valence-electron chi connectivity index (χ3n) is 3.42. The molecule has 20 heavy (non-hydrogen) atoms. The zero-order valence-electron chi connectivity index (χ0n) is 11.6. The van der Waals surface area contributed by atoms with Gasteiger partial charge in [-0.25, -0.2) is 13.1 Å². The van der Waals surface area contributed by atoms with Crippen molar-refractivity contribution in [3.05, 3.63) is 23.8 Å². The van der Waals surface area contributed by atoms with Crippen molar-refractivity contribution < 1.29 is 13.2 Å².